The minimum atomic E-state index is -0.619. The summed E-state index contributed by atoms with van der Waals surface area (Å²) in [6.45, 7) is 1.79. The second-order valence-electron chi connectivity index (χ2n) is 2.75. The number of ether oxygens (including phenoxy) is 1. The highest BCUT2D eigenvalue weighted by molar-refractivity contribution is 6.04. The van der Waals surface area contributed by atoms with Gasteiger partial charge in [-0.1, -0.05) is 12.1 Å². The minimum absolute atomic E-state index is 0.0406. The van der Waals surface area contributed by atoms with Gasteiger partial charge in [0, 0.05) is 13.5 Å². The van der Waals surface area contributed by atoms with Gasteiger partial charge in [-0.3, -0.25) is 4.79 Å². The number of amides is 1. The summed E-state index contributed by atoms with van der Waals surface area (Å²) in [5.74, 6) is -0.744. The average molecular weight is 212 g/mol. The molecule has 1 aromatic heterocycles. The molecule has 1 amide bonds. The number of methoxy groups -OCH3 is 1. The molecule has 15 heavy (non-hydrogen) atoms. The fourth-order valence-electron chi connectivity index (χ4n) is 1.15. The molecule has 0 aliphatic heterocycles. The summed E-state index contributed by atoms with van der Waals surface area (Å²) in [5, 5.41) is 5.91. The predicted molar refractivity (Wildman–Crippen MR) is 50.6 cm³/mol. The van der Waals surface area contributed by atoms with Crippen molar-refractivity contribution in [1.82, 2.24) is 10.5 Å². The highest BCUT2D eigenvalue weighted by atomic mass is 16.5. The van der Waals surface area contributed by atoms with Gasteiger partial charge in [-0.25, -0.2) is 4.79 Å². The molecule has 0 spiro atoms. The average Bonchev–Trinajstić information content (AvgIpc) is 2.70. The van der Waals surface area contributed by atoms with E-state index in [2.05, 4.69) is 15.2 Å². The molecule has 1 N–H and O–H groups in total. The van der Waals surface area contributed by atoms with Gasteiger partial charge >= 0.3 is 5.97 Å². The number of rotatable bonds is 3. The molecule has 0 bridgehead atoms. The van der Waals surface area contributed by atoms with Crippen LogP contribution in [0.3, 0.4) is 0 Å². The molecule has 0 radical (unpaired) electrons. The summed E-state index contributed by atoms with van der Waals surface area (Å²) in [7, 11) is 2.69. The largest absolute Gasteiger partial charge is 0.465 e. The van der Waals surface area contributed by atoms with E-state index in [1.54, 1.807) is 6.92 Å². The van der Waals surface area contributed by atoms with Crippen LogP contribution in [0.2, 0.25) is 0 Å². The molecule has 6 nitrogen and oxygen atoms in total. The van der Waals surface area contributed by atoms with Crippen LogP contribution in [-0.2, 0) is 11.2 Å². The molecule has 1 aromatic rings. The van der Waals surface area contributed by atoms with E-state index in [0.717, 1.165) is 0 Å². The van der Waals surface area contributed by atoms with Gasteiger partial charge in [0.1, 0.15) is 5.56 Å². The zero-order valence-electron chi connectivity index (χ0n) is 8.79. The Labute approximate surface area is 86.6 Å². The molecule has 82 valence electrons. The maximum Gasteiger partial charge on any atom is 0.343 e. The zero-order chi connectivity index (χ0) is 11.4. The van der Waals surface area contributed by atoms with Gasteiger partial charge in [0.2, 0.25) is 0 Å². The van der Waals surface area contributed by atoms with Crippen LogP contribution in [-0.4, -0.2) is 31.2 Å². The Morgan fingerprint density at radius 1 is 1.53 bits per heavy atom. The van der Waals surface area contributed by atoms with Gasteiger partial charge in [0.15, 0.2) is 11.5 Å². The van der Waals surface area contributed by atoms with E-state index in [1.807, 2.05) is 0 Å². The number of carbonyl (C=O) groups is 2. The smallest absolute Gasteiger partial charge is 0.343 e. The Morgan fingerprint density at radius 3 is 2.67 bits per heavy atom. The van der Waals surface area contributed by atoms with Crippen molar-refractivity contribution in [1.29, 1.82) is 0 Å². The van der Waals surface area contributed by atoms with E-state index >= 15 is 0 Å². The number of aromatic nitrogens is 1. The van der Waals surface area contributed by atoms with E-state index in [9.17, 15) is 9.59 Å². The van der Waals surface area contributed by atoms with Crippen molar-refractivity contribution in [2.75, 3.05) is 14.2 Å². The Hall–Kier alpha value is -1.85. The molecular formula is C9H12N2O4. The highest BCUT2D eigenvalue weighted by Gasteiger charge is 2.26. The first-order valence-electron chi connectivity index (χ1n) is 4.44. The number of carbonyl (C=O) groups excluding carboxylic acids is 2. The molecule has 1 rings (SSSR count). The number of nitrogens with zero attached hydrogens (tertiary/aromatic N) is 1. The minimum Gasteiger partial charge on any atom is -0.465 e. The van der Waals surface area contributed by atoms with Gasteiger partial charge in [-0.05, 0) is 0 Å². The van der Waals surface area contributed by atoms with Gasteiger partial charge in [0.25, 0.3) is 5.91 Å². The number of esters is 1. The third-order valence-electron chi connectivity index (χ3n) is 1.92. The van der Waals surface area contributed by atoms with Gasteiger partial charge in [-0.2, -0.15) is 0 Å². The van der Waals surface area contributed by atoms with Crippen molar-refractivity contribution >= 4 is 11.9 Å². The second-order valence-corrected chi connectivity index (χ2v) is 2.75. The van der Waals surface area contributed by atoms with Crippen LogP contribution >= 0.6 is 0 Å². The number of hydrogen-bond acceptors (Lipinski definition) is 5. The summed E-state index contributed by atoms with van der Waals surface area (Å²) in [5.41, 5.74) is 0.0561. The van der Waals surface area contributed by atoms with E-state index in [-0.39, 0.29) is 11.3 Å². The first-order chi connectivity index (χ1) is 7.15. The van der Waals surface area contributed by atoms with E-state index < -0.39 is 11.9 Å². The fraction of sp³-hybridized carbons (Fsp3) is 0.444. The molecule has 0 unspecified atom stereocenters. The summed E-state index contributed by atoms with van der Waals surface area (Å²) in [4.78, 5) is 22.7. The van der Waals surface area contributed by atoms with Crippen molar-refractivity contribution in [3.05, 3.63) is 17.0 Å². The summed E-state index contributed by atoms with van der Waals surface area (Å²) >= 11 is 0. The molecule has 0 aliphatic carbocycles. The molecule has 0 saturated heterocycles. The van der Waals surface area contributed by atoms with Gasteiger partial charge in [-0.15, -0.1) is 0 Å². The molecule has 0 aliphatic rings. The van der Waals surface area contributed by atoms with E-state index in [1.165, 1.54) is 14.2 Å². The van der Waals surface area contributed by atoms with Gasteiger partial charge in [0.05, 0.1) is 7.11 Å². The SMILES string of the molecule is CCc1onc(C(=O)NC)c1C(=O)OC. The predicted octanol–water partition coefficient (Wildman–Crippen LogP) is 0.383. The van der Waals surface area contributed by atoms with Crippen molar-refractivity contribution in [3.8, 4) is 0 Å². The molecule has 0 aromatic carbocycles. The maximum atomic E-state index is 11.4. The molecule has 0 atom stereocenters. The topological polar surface area (TPSA) is 81.4 Å². The van der Waals surface area contributed by atoms with Crippen LogP contribution in [0.5, 0.6) is 0 Å². The molecule has 0 saturated carbocycles. The van der Waals surface area contributed by atoms with Crippen LogP contribution in [0.1, 0.15) is 33.5 Å². The fourth-order valence-corrected chi connectivity index (χ4v) is 1.15. The molecule has 1 heterocycles. The standard InChI is InChI=1S/C9H12N2O4/c1-4-5-6(9(13)14-3)7(11-15-5)8(12)10-2/h4H2,1-3H3,(H,10,12). The lowest BCUT2D eigenvalue weighted by molar-refractivity contribution is 0.0594. The summed E-state index contributed by atoms with van der Waals surface area (Å²) < 4.78 is 9.43. The molecule has 6 heteroatoms. The number of aryl methyl sites for hydroxylation is 1. The Kier molecular flexibility index (Phi) is 3.43. The first-order valence-corrected chi connectivity index (χ1v) is 4.44. The lowest BCUT2D eigenvalue weighted by Gasteiger charge is -1.99. The second kappa shape index (κ2) is 4.59. The van der Waals surface area contributed by atoms with Crippen molar-refractivity contribution < 1.29 is 18.8 Å². The number of nitrogens with one attached hydrogen (secondary N) is 1. The van der Waals surface area contributed by atoms with Crippen molar-refractivity contribution in [3.63, 3.8) is 0 Å². The van der Waals surface area contributed by atoms with Crippen LogP contribution in [0, 0.1) is 0 Å². The quantitative estimate of drug-likeness (QED) is 0.732. The zero-order valence-corrected chi connectivity index (χ0v) is 8.79. The summed E-state index contributed by atoms with van der Waals surface area (Å²) in [6, 6.07) is 0. The van der Waals surface area contributed by atoms with Crippen molar-refractivity contribution in [2.24, 2.45) is 0 Å². The van der Waals surface area contributed by atoms with Crippen LogP contribution in [0.25, 0.3) is 0 Å². The van der Waals surface area contributed by atoms with Crippen LogP contribution < -0.4 is 5.32 Å². The lowest BCUT2D eigenvalue weighted by atomic mass is 10.1. The van der Waals surface area contributed by atoms with Crippen LogP contribution in [0.15, 0.2) is 4.52 Å². The normalized spacial score (nSPS) is 9.80. The molecular weight excluding hydrogens is 200 g/mol. The third-order valence-corrected chi connectivity index (χ3v) is 1.92. The summed E-state index contributed by atoms with van der Waals surface area (Å²) in [6.07, 6.45) is 0.467. The lowest BCUT2D eigenvalue weighted by Crippen LogP contribution is -2.21. The van der Waals surface area contributed by atoms with E-state index in [0.29, 0.717) is 12.2 Å². The first kappa shape index (κ1) is 11.2. The highest BCUT2D eigenvalue weighted by Crippen LogP contribution is 2.16. The molecule has 0 fully saturated rings. The van der Waals surface area contributed by atoms with E-state index in [4.69, 9.17) is 4.52 Å². The Balaban J connectivity index is 3.23. The van der Waals surface area contributed by atoms with Crippen LogP contribution in [0.4, 0.5) is 0 Å². The monoisotopic (exact) mass is 212 g/mol. The number of hydrogen-bond donors (Lipinski definition) is 1. The van der Waals surface area contributed by atoms with Crippen molar-refractivity contribution in [2.45, 2.75) is 13.3 Å². The Morgan fingerprint density at radius 2 is 2.20 bits per heavy atom. The maximum absolute atomic E-state index is 11.4. The third kappa shape index (κ3) is 1.98. The van der Waals surface area contributed by atoms with Gasteiger partial charge < -0.3 is 14.6 Å². The Bertz CT molecular complexity index is 383.